The Labute approximate surface area is 188 Å². The minimum absolute atomic E-state index is 0.0742. The number of carboxylic acids is 1. The van der Waals surface area contributed by atoms with E-state index in [1.165, 1.54) is 17.0 Å². The van der Waals surface area contributed by atoms with Gasteiger partial charge in [0.1, 0.15) is 12.4 Å². The molecule has 1 aliphatic rings. The molecule has 1 N–H and O–H groups in total. The first-order valence-electron chi connectivity index (χ1n) is 10.2. The van der Waals surface area contributed by atoms with Crippen LogP contribution in [0.1, 0.15) is 38.2 Å². The van der Waals surface area contributed by atoms with E-state index in [1.807, 2.05) is 13.0 Å². The smallest absolute Gasteiger partial charge is 0.416 e. The summed E-state index contributed by atoms with van der Waals surface area (Å²) in [5, 5.41) is 8.93. The van der Waals surface area contributed by atoms with Gasteiger partial charge in [-0.25, -0.2) is 0 Å². The van der Waals surface area contributed by atoms with Gasteiger partial charge in [-0.3, -0.25) is 9.59 Å². The molecule has 0 saturated carbocycles. The van der Waals surface area contributed by atoms with E-state index in [1.54, 1.807) is 30.3 Å². The average Bonchev–Trinajstić information content (AvgIpc) is 3.09. The van der Waals surface area contributed by atoms with Crippen LogP contribution in [0.2, 0.25) is 0 Å². The quantitative estimate of drug-likeness (QED) is 0.542. The first kappa shape index (κ1) is 22.4. The topological polar surface area (TPSA) is 66.8 Å². The van der Waals surface area contributed by atoms with Crippen LogP contribution >= 0.6 is 0 Å². The summed E-state index contributed by atoms with van der Waals surface area (Å²) in [6.45, 7) is 2.25. The van der Waals surface area contributed by atoms with Gasteiger partial charge in [-0.05, 0) is 65.6 Å². The summed E-state index contributed by atoms with van der Waals surface area (Å²) in [4.78, 5) is 25.2. The van der Waals surface area contributed by atoms with Crippen LogP contribution in [0.4, 0.5) is 18.9 Å². The zero-order chi connectivity index (χ0) is 23.8. The second-order valence-corrected chi connectivity index (χ2v) is 7.84. The van der Waals surface area contributed by atoms with Crippen molar-refractivity contribution >= 4 is 17.6 Å². The van der Waals surface area contributed by atoms with Crippen LogP contribution < -0.4 is 9.64 Å². The third-order valence-corrected chi connectivity index (χ3v) is 5.55. The Hall–Kier alpha value is -3.81. The van der Waals surface area contributed by atoms with Crippen molar-refractivity contribution in [2.45, 2.75) is 32.7 Å². The Morgan fingerprint density at radius 1 is 1.09 bits per heavy atom. The van der Waals surface area contributed by atoms with Crippen LogP contribution in [0.15, 0.2) is 60.7 Å². The normalized spacial score (nSPS) is 13.2. The second-order valence-electron chi connectivity index (χ2n) is 7.84. The van der Waals surface area contributed by atoms with Gasteiger partial charge >= 0.3 is 12.1 Å². The molecule has 1 heterocycles. The average molecular weight is 455 g/mol. The molecule has 0 bridgehead atoms. The van der Waals surface area contributed by atoms with Gasteiger partial charge in [-0.1, -0.05) is 24.3 Å². The number of aliphatic carboxylic acids is 1. The molecule has 0 atom stereocenters. The van der Waals surface area contributed by atoms with E-state index in [4.69, 9.17) is 9.84 Å². The first-order chi connectivity index (χ1) is 15.6. The van der Waals surface area contributed by atoms with Crippen LogP contribution in [0, 0.1) is 6.92 Å². The molecule has 3 aromatic rings. The van der Waals surface area contributed by atoms with Crippen LogP contribution in [0.3, 0.4) is 0 Å². The first-order valence-corrected chi connectivity index (χ1v) is 10.2. The number of halogens is 3. The highest BCUT2D eigenvalue weighted by atomic mass is 19.4. The molecule has 1 amide bonds. The minimum Gasteiger partial charge on any atom is -0.489 e. The number of carbonyl (C=O) groups is 2. The van der Waals surface area contributed by atoms with Crippen LogP contribution in [0.5, 0.6) is 5.75 Å². The van der Waals surface area contributed by atoms with Crippen molar-refractivity contribution in [2.75, 3.05) is 4.90 Å². The van der Waals surface area contributed by atoms with E-state index in [0.29, 0.717) is 22.6 Å². The van der Waals surface area contributed by atoms with E-state index in [9.17, 15) is 22.8 Å². The van der Waals surface area contributed by atoms with Crippen molar-refractivity contribution in [3.8, 4) is 5.75 Å². The molecule has 0 fully saturated rings. The van der Waals surface area contributed by atoms with Gasteiger partial charge in [-0.15, -0.1) is 0 Å². The lowest BCUT2D eigenvalue weighted by Crippen LogP contribution is -2.23. The minimum atomic E-state index is -4.44. The Morgan fingerprint density at radius 2 is 1.82 bits per heavy atom. The van der Waals surface area contributed by atoms with Gasteiger partial charge in [0.15, 0.2) is 0 Å². The number of anilines is 1. The zero-order valence-corrected chi connectivity index (χ0v) is 17.6. The summed E-state index contributed by atoms with van der Waals surface area (Å²) < 4.78 is 44.5. The molecular weight excluding hydrogens is 435 g/mol. The Morgan fingerprint density at radius 3 is 2.45 bits per heavy atom. The van der Waals surface area contributed by atoms with E-state index < -0.39 is 17.7 Å². The SMILES string of the molecule is Cc1cc(CC(=O)O)ccc1OCc1cccc2c1CN(c1ccc(C(F)(F)F)cc1)C2=O. The molecule has 0 aromatic heterocycles. The molecule has 0 spiro atoms. The zero-order valence-electron chi connectivity index (χ0n) is 17.6. The fourth-order valence-electron chi connectivity index (χ4n) is 3.88. The van der Waals surface area contributed by atoms with E-state index in [-0.39, 0.29) is 25.5 Å². The number of fused-ring (bicyclic) bond motifs is 1. The van der Waals surface area contributed by atoms with Gasteiger partial charge in [-0.2, -0.15) is 13.2 Å². The number of carboxylic acid groups (broad SMARTS) is 1. The highest BCUT2D eigenvalue weighted by Crippen LogP contribution is 2.34. The van der Waals surface area contributed by atoms with E-state index in [2.05, 4.69) is 0 Å². The van der Waals surface area contributed by atoms with Crippen molar-refractivity contribution in [2.24, 2.45) is 0 Å². The predicted molar refractivity (Wildman–Crippen MR) is 115 cm³/mol. The third kappa shape index (κ3) is 4.69. The number of amides is 1. The Balaban J connectivity index is 1.52. The Bertz CT molecular complexity index is 1220. The summed E-state index contributed by atoms with van der Waals surface area (Å²) in [5.74, 6) is -0.586. The van der Waals surface area contributed by atoms with Gasteiger partial charge in [0.2, 0.25) is 0 Å². The lowest BCUT2D eigenvalue weighted by atomic mass is 10.0. The van der Waals surface area contributed by atoms with Crippen molar-refractivity contribution in [3.05, 3.63) is 94.0 Å². The molecule has 0 radical (unpaired) electrons. The van der Waals surface area contributed by atoms with Crippen molar-refractivity contribution in [1.82, 2.24) is 0 Å². The maximum Gasteiger partial charge on any atom is 0.416 e. The number of carbonyl (C=O) groups excluding carboxylic acids is 1. The van der Waals surface area contributed by atoms with Crippen molar-refractivity contribution in [3.63, 3.8) is 0 Å². The number of rotatable bonds is 6. The second kappa shape index (κ2) is 8.61. The standard InChI is InChI=1S/C25H20F3NO4/c1-15-11-16(12-23(30)31)5-10-22(15)33-14-17-3-2-4-20-21(17)13-29(24(20)32)19-8-6-18(7-9-19)25(26,27)28/h2-11H,12-14H2,1H3,(H,30,31). The molecule has 1 aliphatic heterocycles. The molecule has 8 heteroatoms. The number of aryl methyl sites for hydroxylation is 1. The maximum atomic E-state index is 12.9. The summed E-state index contributed by atoms with van der Waals surface area (Å²) in [6, 6.07) is 15.0. The molecule has 0 aliphatic carbocycles. The van der Waals surface area contributed by atoms with E-state index >= 15 is 0 Å². The number of alkyl halides is 3. The van der Waals surface area contributed by atoms with Gasteiger partial charge in [0, 0.05) is 11.3 Å². The molecular formula is C25H20F3NO4. The van der Waals surface area contributed by atoms with Gasteiger partial charge in [0.05, 0.1) is 18.5 Å². The Kier molecular flexibility index (Phi) is 5.84. The number of nitrogens with zero attached hydrogens (tertiary/aromatic N) is 1. The molecule has 33 heavy (non-hydrogen) atoms. The number of hydrogen-bond donors (Lipinski definition) is 1. The molecule has 3 aromatic carbocycles. The third-order valence-electron chi connectivity index (χ3n) is 5.55. The predicted octanol–water partition coefficient (Wildman–Crippen LogP) is 5.38. The molecule has 170 valence electrons. The fourth-order valence-corrected chi connectivity index (χ4v) is 3.88. The lowest BCUT2D eigenvalue weighted by Gasteiger charge is -2.17. The van der Waals surface area contributed by atoms with Crippen LogP contribution in [-0.4, -0.2) is 17.0 Å². The number of hydrogen-bond acceptors (Lipinski definition) is 3. The number of benzene rings is 3. The van der Waals surface area contributed by atoms with Gasteiger partial charge < -0.3 is 14.7 Å². The molecule has 5 nitrogen and oxygen atoms in total. The highest BCUT2D eigenvalue weighted by molar-refractivity contribution is 6.10. The van der Waals surface area contributed by atoms with Crippen LogP contribution in [0.25, 0.3) is 0 Å². The lowest BCUT2D eigenvalue weighted by molar-refractivity contribution is -0.138. The summed E-state index contributed by atoms with van der Waals surface area (Å²) in [6.07, 6.45) is -4.51. The van der Waals surface area contributed by atoms with Gasteiger partial charge in [0.25, 0.3) is 5.91 Å². The summed E-state index contributed by atoms with van der Waals surface area (Å²) >= 11 is 0. The van der Waals surface area contributed by atoms with E-state index in [0.717, 1.165) is 28.8 Å². The van der Waals surface area contributed by atoms with Crippen molar-refractivity contribution in [1.29, 1.82) is 0 Å². The molecule has 0 saturated heterocycles. The number of ether oxygens (including phenoxy) is 1. The molecule has 4 rings (SSSR count). The highest BCUT2D eigenvalue weighted by Gasteiger charge is 2.33. The summed E-state index contributed by atoms with van der Waals surface area (Å²) in [7, 11) is 0. The fraction of sp³-hybridized carbons (Fsp3) is 0.200. The monoisotopic (exact) mass is 455 g/mol. The summed E-state index contributed by atoms with van der Waals surface area (Å²) in [5.41, 5.74) is 3.14. The maximum absolute atomic E-state index is 12.9. The molecule has 0 unspecified atom stereocenters. The largest absolute Gasteiger partial charge is 0.489 e. The van der Waals surface area contributed by atoms with Crippen molar-refractivity contribution < 1.29 is 32.6 Å². The van der Waals surface area contributed by atoms with Crippen LogP contribution in [-0.2, 0) is 30.5 Å².